The first kappa shape index (κ1) is 14.4. The average molecular weight is 262 g/mol. The minimum absolute atomic E-state index is 0.283. The molecular formula is C13H18ClF2N. The van der Waals surface area contributed by atoms with Gasteiger partial charge in [-0.05, 0) is 44.5 Å². The van der Waals surface area contributed by atoms with E-state index in [0.29, 0.717) is 18.2 Å². The van der Waals surface area contributed by atoms with E-state index in [-0.39, 0.29) is 5.02 Å². The van der Waals surface area contributed by atoms with Crippen molar-refractivity contribution in [3.63, 3.8) is 0 Å². The molecule has 0 aliphatic carbocycles. The van der Waals surface area contributed by atoms with Crippen molar-refractivity contribution >= 4 is 11.6 Å². The van der Waals surface area contributed by atoms with Gasteiger partial charge in [0.2, 0.25) is 0 Å². The molecule has 0 N–H and O–H groups in total. The van der Waals surface area contributed by atoms with Crippen molar-refractivity contribution in [1.29, 1.82) is 0 Å². The predicted molar refractivity (Wildman–Crippen MR) is 67.2 cm³/mol. The van der Waals surface area contributed by atoms with Crippen molar-refractivity contribution in [3.05, 3.63) is 34.4 Å². The Labute approximate surface area is 106 Å². The number of hydrogen-bond acceptors (Lipinski definition) is 1. The number of hydrogen-bond donors (Lipinski definition) is 0. The Kier molecular flexibility index (Phi) is 5.34. The zero-order valence-electron chi connectivity index (χ0n) is 10.4. The molecule has 0 fully saturated rings. The summed E-state index contributed by atoms with van der Waals surface area (Å²) in [5.74, 6) is -1.74. The Hall–Kier alpha value is -0.670. The van der Waals surface area contributed by atoms with E-state index >= 15 is 0 Å². The van der Waals surface area contributed by atoms with Crippen molar-refractivity contribution < 1.29 is 8.78 Å². The second kappa shape index (κ2) is 6.31. The van der Waals surface area contributed by atoms with Crippen LogP contribution in [0, 0.1) is 11.6 Å². The highest BCUT2D eigenvalue weighted by molar-refractivity contribution is 6.31. The van der Waals surface area contributed by atoms with Gasteiger partial charge in [0, 0.05) is 17.6 Å². The van der Waals surface area contributed by atoms with E-state index in [0.717, 1.165) is 19.0 Å². The summed E-state index contributed by atoms with van der Waals surface area (Å²) in [5.41, 5.74) is 0.632. The van der Waals surface area contributed by atoms with E-state index in [9.17, 15) is 8.78 Å². The molecule has 0 saturated heterocycles. The smallest absolute Gasteiger partial charge is 0.160 e. The van der Waals surface area contributed by atoms with Gasteiger partial charge in [-0.1, -0.05) is 18.5 Å². The van der Waals surface area contributed by atoms with E-state index in [1.807, 2.05) is 0 Å². The van der Waals surface area contributed by atoms with Crippen LogP contribution in [0.2, 0.25) is 5.02 Å². The van der Waals surface area contributed by atoms with Crippen LogP contribution in [0.4, 0.5) is 8.78 Å². The minimum atomic E-state index is -0.898. The van der Waals surface area contributed by atoms with Crippen LogP contribution in [-0.2, 0) is 6.54 Å². The molecule has 1 aromatic carbocycles. The first-order valence-corrected chi connectivity index (χ1v) is 6.21. The monoisotopic (exact) mass is 261 g/mol. The summed E-state index contributed by atoms with van der Waals surface area (Å²) in [4.78, 5) is 2.18. The van der Waals surface area contributed by atoms with Gasteiger partial charge in [0.05, 0.1) is 0 Å². The maximum absolute atomic E-state index is 13.1. The van der Waals surface area contributed by atoms with Crippen LogP contribution < -0.4 is 0 Å². The summed E-state index contributed by atoms with van der Waals surface area (Å²) in [6.07, 6.45) is 1.01. The second-order valence-corrected chi connectivity index (χ2v) is 4.83. The third-order valence-corrected chi connectivity index (χ3v) is 3.06. The first-order chi connectivity index (χ1) is 7.95. The zero-order valence-corrected chi connectivity index (χ0v) is 11.2. The van der Waals surface area contributed by atoms with Gasteiger partial charge in [-0.15, -0.1) is 0 Å². The van der Waals surface area contributed by atoms with Gasteiger partial charge in [-0.2, -0.15) is 0 Å². The van der Waals surface area contributed by atoms with Crippen LogP contribution in [0.3, 0.4) is 0 Å². The molecular weight excluding hydrogens is 244 g/mol. The molecule has 1 nitrogen and oxygen atoms in total. The van der Waals surface area contributed by atoms with Crippen LogP contribution in [0.25, 0.3) is 0 Å². The Balaban J connectivity index is 2.89. The SMILES string of the molecule is CCCN(Cc1cc(F)c(F)cc1Cl)C(C)C. The summed E-state index contributed by atoms with van der Waals surface area (Å²) in [5, 5.41) is 0.283. The van der Waals surface area contributed by atoms with E-state index in [1.54, 1.807) is 0 Å². The molecule has 0 heterocycles. The van der Waals surface area contributed by atoms with Gasteiger partial charge in [-0.3, -0.25) is 4.90 Å². The molecule has 0 spiro atoms. The fourth-order valence-electron chi connectivity index (χ4n) is 1.71. The normalized spacial score (nSPS) is 11.5. The highest BCUT2D eigenvalue weighted by atomic mass is 35.5. The quantitative estimate of drug-likeness (QED) is 0.717. The van der Waals surface area contributed by atoms with Crippen molar-refractivity contribution in [3.8, 4) is 0 Å². The molecule has 0 saturated carbocycles. The maximum Gasteiger partial charge on any atom is 0.160 e. The Morgan fingerprint density at radius 3 is 2.35 bits per heavy atom. The van der Waals surface area contributed by atoms with Crippen LogP contribution in [-0.4, -0.2) is 17.5 Å². The lowest BCUT2D eigenvalue weighted by molar-refractivity contribution is 0.213. The standard InChI is InChI=1S/C13H18ClF2N/c1-4-5-17(9(2)3)8-10-6-12(15)13(16)7-11(10)14/h6-7,9H,4-5,8H2,1-3H3. The lowest BCUT2D eigenvalue weighted by Crippen LogP contribution is -2.31. The lowest BCUT2D eigenvalue weighted by atomic mass is 10.1. The van der Waals surface area contributed by atoms with E-state index in [1.165, 1.54) is 6.07 Å². The second-order valence-electron chi connectivity index (χ2n) is 4.42. The Morgan fingerprint density at radius 2 is 1.82 bits per heavy atom. The van der Waals surface area contributed by atoms with E-state index < -0.39 is 11.6 Å². The van der Waals surface area contributed by atoms with Gasteiger partial charge in [0.1, 0.15) is 0 Å². The fraction of sp³-hybridized carbons (Fsp3) is 0.538. The molecule has 0 aliphatic rings. The lowest BCUT2D eigenvalue weighted by Gasteiger charge is -2.26. The summed E-state index contributed by atoms with van der Waals surface area (Å²) in [7, 11) is 0. The highest BCUT2D eigenvalue weighted by Gasteiger charge is 2.14. The molecule has 0 unspecified atom stereocenters. The fourth-order valence-corrected chi connectivity index (χ4v) is 1.92. The Bertz CT molecular complexity index is 380. The van der Waals surface area contributed by atoms with Gasteiger partial charge >= 0.3 is 0 Å². The van der Waals surface area contributed by atoms with Crippen LogP contribution in [0.5, 0.6) is 0 Å². The number of halogens is 3. The molecule has 0 amide bonds. The largest absolute Gasteiger partial charge is 0.297 e. The molecule has 96 valence electrons. The summed E-state index contributed by atoms with van der Waals surface area (Å²) in [6.45, 7) is 7.68. The van der Waals surface area contributed by atoms with Gasteiger partial charge in [-0.25, -0.2) is 8.78 Å². The van der Waals surface area contributed by atoms with Gasteiger partial charge in [0.25, 0.3) is 0 Å². The van der Waals surface area contributed by atoms with Crippen molar-refractivity contribution in [2.45, 2.75) is 39.8 Å². The number of nitrogens with zero attached hydrogens (tertiary/aromatic N) is 1. The first-order valence-electron chi connectivity index (χ1n) is 5.83. The zero-order chi connectivity index (χ0) is 13.0. The molecule has 0 radical (unpaired) electrons. The summed E-state index contributed by atoms with van der Waals surface area (Å²) >= 11 is 5.92. The molecule has 1 aromatic rings. The Morgan fingerprint density at radius 1 is 1.24 bits per heavy atom. The molecule has 4 heteroatoms. The number of benzene rings is 1. The average Bonchev–Trinajstić information content (AvgIpc) is 2.24. The van der Waals surface area contributed by atoms with E-state index in [4.69, 9.17) is 11.6 Å². The van der Waals surface area contributed by atoms with Crippen molar-refractivity contribution in [2.75, 3.05) is 6.54 Å². The van der Waals surface area contributed by atoms with Crippen LogP contribution in [0.15, 0.2) is 12.1 Å². The van der Waals surface area contributed by atoms with Gasteiger partial charge < -0.3 is 0 Å². The molecule has 0 aliphatic heterocycles. The third kappa shape index (κ3) is 3.93. The van der Waals surface area contributed by atoms with Gasteiger partial charge in [0.15, 0.2) is 11.6 Å². The molecule has 1 rings (SSSR count). The molecule has 0 bridgehead atoms. The van der Waals surface area contributed by atoms with Crippen LogP contribution in [0.1, 0.15) is 32.8 Å². The topological polar surface area (TPSA) is 3.24 Å². The van der Waals surface area contributed by atoms with Crippen molar-refractivity contribution in [1.82, 2.24) is 4.90 Å². The third-order valence-electron chi connectivity index (χ3n) is 2.70. The summed E-state index contributed by atoms with van der Waals surface area (Å²) < 4.78 is 26.1. The molecule has 0 aromatic heterocycles. The van der Waals surface area contributed by atoms with E-state index in [2.05, 4.69) is 25.7 Å². The maximum atomic E-state index is 13.1. The predicted octanol–water partition coefficient (Wildman–Crippen LogP) is 4.24. The molecule has 0 atom stereocenters. The summed E-state index contributed by atoms with van der Waals surface area (Å²) in [6, 6.07) is 2.57. The molecule has 17 heavy (non-hydrogen) atoms. The number of rotatable bonds is 5. The van der Waals surface area contributed by atoms with Crippen LogP contribution >= 0.6 is 11.6 Å². The van der Waals surface area contributed by atoms with Crippen molar-refractivity contribution in [2.24, 2.45) is 0 Å². The highest BCUT2D eigenvalue weighted by Crippen LogP contribution is 2.22. The minimum Gasteiger partial charge on any atom is -0.297 e.